The Morgan fingerprint density at radius 1 is 1.17 bits per heavy atom. The molecule has 2 atom stereocenters. The number of nitrogens with two attached hydrogens (primary N) is 1. The van der Waals surface area contributed by atoms with E-state index in [1.807, 2.05) is 6.07 Å². The van der Waals surface area contributed by atoms with Crippen molar-refractivity contribution in [2.75, 3.05) is 0 Å². The maximum absolute atomic E-state index is 11.6. The smallest absolute Gasteiger partial charge is 0.250 e. The van der Waals surface area contributed by atoms with Gasteiger partial charge in [-0.1, -0.05) is 24.3 Å². The molecule has 92 valence electrons. The summed E-state index contributed by atoms with van der Waals surface area (Å²) in [5, 5.41) is 0. The first-order chi connectivity index (χ1) is 8.65. The van der Waals surface area contributed by atoms with Crippen LogP contribution in [-0.4, -0.2) is 10.6 Å². The lowest BCUT2D eigenvalue weighted by molar-refractivity contribution is 0.861. The van der Waals surface area contributed by atoms with E-state index in [4.69, 9.17) is 5.73 Å². The van der Waals surface area contributed by atoms with E-state index in [2.05, 4.69) is 24.3 Å². The number of aromatic nitrogens is 1. The highest BCUT2D eigenvalue weighted by Crippen LogP contribution is 2.39. The van der Waals surface area contributed by atoms with Crippen LogP contribution in [0.2, 0.25) is 0 Å². The molecule has 0 amide bonds. The van der Waals surface area contributed by atoms with Gasteiger partial charge in [-0.25, -0.2) is 0 Å². The van der Waals surface area contributed by atoms with Crippen molar-refractivity contribution in [2.24, 2.45) is 12.8 Å². The first-order valence-corrected chi connectivity index (χ1v) is 6.18. The van der Waals surface area contributed by atoms with Crippen molar-refractivity contribution in [1.29, 1.82) is 0 Å². The number of hydrogen-bond donors (Lipinski definition) is 1. The molecule has 3 nitrogen and oxygen atoms in total. The van der Waals surface area contributed by atoms with Gasteiger partial charge in [0, 0.05) is 31.3 Å². The van der Waals surface area contributed by atoms with Crippen molar-refractivity contribution in [3.8, 4) is 11.1 Å². The average Bonchev–Trinajstić information content (AvgIpc) is 3.10. The Morgan fingerprint density at radius 2 is 1.83 bits per heavy atom. The zero-order valence-corrected chi connectivity index (χ0v) is 10.3. The van der Waals surface area contributed by atoms with Crippen LogP contribution in [0.3, 0.4) is 0 Å². The van der Waals surface area contributed by atoms with Crippen LogP contribution < -0.4 is 11.3 Å². The predicted molar refractivity (Wildman–Crippen MR) is 72.5 cm³/mol. The Morgan fingerprint density at radius 3 is 2.39 bits per heavy atom. The van der Waals surface area contributed by atoms with E-state index in [-0.39, 0.29) is 5.56 Å². The van der Waals surface area contributed by atoms with Gasteiger partial charge >= 0.3 is 0 Å². The lowest BCUT2D eigenvalue weighted by Crippen LogP contribution is -2.14. The topological polar surface area (TPSA) is 48.0 Å². The molecule has 0 saturated heterocycles. The highest BCUT2D eigenvalue weighted by atomic mass is 16.1. The third kappa shape index (κ3) is 1.97. The highest BCUT2D eigenvalue weighted by Gasteiger charge is 2.34. The third-order valence-electron chi connectivity index (χ3n) is 3.62. The predicted octanol–water partition coefficient (Wildman–Crippen LogP) is 1.87. The van der Waals surface area contributed by atoms with Gasteiger partial charge < -0.3 is 10.3 Å². The first-order valence-electron chi connectivity index (χ1n) is 6.18. The van der Waals surface area contributed by atoms with Gasteiger partial charge in [0.1, 0.15) is 0 Å². The van der Waals surface area contributed by atoms with Crippen LogP contribution in [-0.2, 0) is 7.05 Å². The van der Waals surface area contributed by atoms with Crippen LogP contribution in [0.5, 0.6) is 0 Å². The van der Waals surface area contributed by atoms with E-state index in [0.717, 1.165) is 17.5 Å². The summed E-state index contributed by atoms with van der Waals surface area (Å²) in [6.45, 7) is 0. The lowest BCUT2D eigenvalue weighted by atomic mass is 10.0. The van der Waals surface area contributed by atoms with Gasteiger partial charge in [-0.3, -0.25) is 4.79 Å². The van der Waals surface area contributed by atoms with Crippen LogP contribution in [0.4, 0.5) is 0 Å². The Balaban J connectivity index is 1.92. The summed E-state index contributed by atoms with van der Waals surface area (Å²) in [5.41, 5.74) is 9.19. The monoisotopic (exact) mass is 240 g/mol. The molecule has 1 aliphatic carbocycles. The van der Waals surface area contributed by atoms with Crippen LogP contribution in [0, 0.1) is 0 Å². The maximum atomic E-state index is 11.6. The van der Waals surface area contributed by atoms with E-state index >= 15 is 0 Å². The standard InChI is InChI=1S/C15H16N2O/c1-17-7-6-12(8-15(17)18)10-2-4-11(5-3-10)13-9-14(13)16/h2-8,13-14H,9,16H2,1H3. The summed E-state index contributed by atoms with van der Waals surface area (Å²) in [7, 11) is 1.75. The molecular weight excluding hydrogens is 224 g/mol. The van der Waals surface area contributed by atoms with Crippen LogP contribution in [0.1, 0.15) is 17.9 Å². The lowest BCUT2D eigenvalue weighted by Gasteiger charge is -2.04. The van der Waals surface area contributed by atoms with Gasteiger partial charge in [0.2, 0.25) is 0 Å². The third-order valence-corrected chi connectivity index (χ3v) is 3.62. The second kappa shape index (κ2) is 4.10. The number of aryl methyl sites for hydroxylation is 1. The van der Waals surface area contributed by atoms with Crippen molar-refractivity contribution in [3.63, 3.8) is 0 Å². The van der Waals surface area contributed by atoms with Crippen molar-refractivity contribution in [2.45, 2.75) is 18.4 Å². The molecule has 1 fully saturated rings. The normalized spacial score (nSPS) is 21.9. The van der Waals surface area contributed by atoms with E-state index in [0.29, 0.717) is 12.0 Å². The van der Waals surface area contributed by atoms with Crippen LogP contribution in [0.25, 0.3) is 11.1 Å². The Labute approximate surface area is 106 Å². The summed E-state index contributed by atoms with van der Waals surface area (Å²) in [5.74, 6) is 0.530. The maximum Gasteiger partial charge on any atom is 0.250 e. The molecule has 2 unspecified atom stereocenters. The molecule has 0 bridgehead atoms. The molecule has 1 heterocycles. The van der Waals surface area contributed by atoms with Gasteiger partial charge in [-0.05, 0) is 29.2 Å². The molecule has 2 N–H and O–H groups in total. The molecule has 1 aromatic carbocycles. The highest BCUT2D eigenvalue weighted by molar-refractivity contribution is 5.63. The molecule has 18 heavy (non-hydrogen) atoms. The fraction of sp³-hybridized carbons (Fsp3) is 0.267. The number of nitrogens with zero attached hydrogens (tertiary/aromatic N) is 1. The molecule has 2 aromatic rings. The van der Waals surface area contributed by atoms with Crippen molar-refractivity contribution >= 4 is 0 Å². The Kier molecular flexibility index (Phi) is 2.56. The molecule has 0 spiro atoms. The first kappa shape index (κ1) is 11.2. The zero-order valence-electron chi connectivity index (χ0n) is 10.3. The van der Waals surface area contributed by atoms with Gasteiger partial charge in [-0.2, -0.15) is 0 Å². The van der Waals surface area contributed by atoms with Gasteiger partial charge in [0.15, 0.2) is 0 Å². The van der Waals surface area contributed by atoms with E-state index in [1.165, 1.54) is 5.56 Å². The molecule has 0 radical (unpaired) electrons. The summed E-state index contributed by atoms with van der Waals surface area (Å²) >= 11 is 0. The van der Waals surface area contributed by atoms with Crippen molar-refractivity contribution < 1.29 is 0 Å². The van der Waals surface area contributed by atoms with E-state index in [1.54, 1.807) is 23.9 Å². The SMILES string of the molecule is Cn1ccc(-c2ccc(C3CC3N)cc2)cc1=O. The molecule has 1 aromatic heterocycles. The van der Waals surface area contributed by atoms with E-state index < -0.39 is 0 Å². The molecule has 3 rings (SSSR count). The van der Waals surface area contributed by atoms with Gasteiger partial charge in [0.05, 0.1) is 0 Å². The van der Waals surface area contributed by atoms with Crippen LogP contribution in [0.15, 0.2) is 47.4 Å². The fourth-order valence-corrected chi connectivity index (χ4v) is 2.25. The molecular formula is C15H16N2O. The fourth-order valence-electron chi connectivity index (χ4n) is 2.25. The molecule has 1 saturated carbocycles. The minimum atomic E-state index is 0.0146. The largest absolute Gasteiger partial charge is 0.327 e. The van der Waals surface area contributed by atoms with Crippen molar-refractivity contribution in [3.05, 3.63) is 58.5 Å². The van der Waals surface area contributed by atoms with Gasteiger partial charge in [-0.15, -0.1) is 0 Å². The number of benzene rings is 1. The van der Waals surface area contributed by atoms with Crippen molar-refractivity contribution in [1.82, 2.24) is 4.57 Å². The zero-order chi connectivity index (χ0) is 12.7. The number of pyridine rings is 1. The Hall–Kier alpha value is -1.87. The molecule has 3 heteroatoms. The quantitative estimate of drug-likeness (QED) is 0.871. The van der Waals surface area contributed by atoms with Gasteiger partial charge in [0.25, 0.3) is 5.56 Å². The summed E-state index contributed by atoms with van der Waals surface area (Å²) in [6, 6.07) is 12.3. The summed E-state index contributed by atoms with van der Waals surface area (Å²) in [6.07, 6.45) is 2.88. The van der Waals surface area contributed by atoms with Crippen LogP contribution >= 0.6 is 0 Å². The Bertz CT molecular complexity index is 628. The number of rotatable bonds is 2. The minimum absolute atomic E-state index is 0.0146. The molecule has 0 aliphatic heterocycles. The second-order valence-corrected chi connectivity index (χ2v) is 4.99. The minimum Gasteiger partial charge on any atom is -0.327 e. The summed E-state index contributed by atoms with van der Waals surface area (Å²) in [4.78, 5) is 11.6. The number of hydrogen-bond acceptors (Lipinski definition) is 2. The average molecular weight is 240 g/mol. The second-order valence-electron chi connectivity index (χ2n) is 4.99. The molecule has 1 aliphatic rings. The summed E-state index contributed by atoms with van der Waals surface area (Å²) < 4.78 is 1.57. The van der Waals surface area contributed by atoms with E-state index in [9.17, 15) is 4.79 Å².